The average Bonchev–Trinajstić information content (AvgIpc) is 2.59. The quantitative estimate of drug-likeness (QED) is 0.861. The van der Waals surface area contributed by atoms with Crippen molar-refractivity contribution in [3.05, 3.63) is 10.6 Å². The second-order valence-electron chi connectivity index (χ2n) is 5.89. The number of hydrogen-bond acceptors (Lipinski definition) is 3. The summed E-state index contributed by atoms with van der Waals surface area (Å²) in [6.07, 6.45) is 2.18. The lowest BCUT2D eigenvalue weighted by Crippen LogP contribution is -2.37. The number of amides is 1. The van der Waals surface area contributed by atoms with Crippen LogP contribution in [0.25, 0.3) is 0 Å². The summed E-state index contributed by atoms with van der Waals surface area (Å²) < 4.78 is 22.9. The molecule has 0 bridgehead atoms. The maximum atomic E-state index is 12.2. The third-order valence-corrected chi connectivity index (χ3v) is 6.10. The number of nitrogens with one attached hydrogen (secondary N) is 1. The molecule has 2 rings (SSSR count). The summed E-state index contributed by atoms with van der Waals surface area (Å²) in [5, 5.41) is 2.82. The first-order valence-electron chi connectivity index (χ1n) is 6.17. The summed E-state index contributed by atoms with van der Waals surface area (Å²) in [5.74, 6) is -0.0901. The molecule has 7 heteroatoms. The Balaban J connectivity index is 1.97. The SMILES string of the molecule is CC1(C)[C@@H](C=C(Cl)Cl)[C@@H]1C(=O)N[C@@H]1CCS(=O)(=O)C1. The van der Waals surface area contributed by atoms with Crippen molar-refractivity contribution in [3.8, 4) is 0 Å². The lowest BCUT2D eigenvalue weighted by Gasteiger charge is -2.11. The van der Waals surface area contributed by atoms with Gasteiger partial charge in [0.25, 0.3) is 0 Å². The third-order valence-electron chi connectivity index (χ3n) is 4.08. The van der Waals surface area contributed by atoms with Gasteiger partial charge in [-0.05, 0) is 23.8 Å². The molecule has 1 aliphatic carbocycles. The van der Waals surface area contributed by atoms with Gasteiger partial charge >= 0.3 is 0 Å². The van der Waals surface area contributed by atoms with Gasteiger partial charge in [-0.1, -0.05) is 37.0 Å². The Morgan fingerprint density at radius 3 is 2.47 bits per heavy atom. The van der Waals surface area contributed by atoms with E-state index in [9.17, 15) is 13.2 Å². The molecular weight excluding hydrogens is 309 g/mol. The van der Waals surface area contributed by atoms with Crippen molar-refractivity contribution in [1.82, 2.24) is 5.32 Å². The van der Waals surface area contributed by atoms with Crippen molar-refractivity contribution >= 4 is 38.9 Å². The van der Waals surface area contributed by atoms with Gasteiger partial charge in [-0.25, -0.2) is 8.42 Å². The van der Waals surface area contributed by atoms with Crippen molar-refractivity contribution in [2.45, 2.75) is 26.3 Å². The first-order chi connectivity index (χ1) is 8.63. The third kappa shape index (κ3) is 3.26. The van der Waals surface area contributed by atoms with Gasteiger partial charge in [0.1, 0.15) is 4.49 Å². The molecule has 2 aliphatic rings. The Hall–Kier alpha value is -0.260. The largest absolute Gasteiger partial charge is 0.352 e. The minimum Gasteiger partial charge on any atom is -0.352 e. The molecule has 0 aromatic carbocycles. The second kappa shape index (κ2) is 4.93. The smallest absolute Gasteiger partial charge is 0.224 e. The van der Waals surface area contributed by atoms with Crippen LogP contribution in [-0.4, -0.2) is 31.9 Å². The number of carbonyl (C=O) groups is 1. The summed E-state index contributed by atoms with van der Waals surface area (Å²) in [6.45, 7) is 3.95. The first-order valence-corrected chi connectivity index (χ1v) is 8.75. The summed E-state index contributed by atoms with van der Waals surface area (Å²) in [7, 11) is -2.98. The zero-order valence-electron chi connectivity index (χ0n) is 10.8. The molecule has 2 fully saturated rings. The minimum atomic E-state index is -2.98. The van der Waals surface area contributed by atoms with E-state index in [-0.39, 0.29) is 45.2 Å². The molecule has 1 heterocycles. The molecule has 1 saturated carbocycles. The molecule has 0 spiro atoms. The second-order valence-corrected chi connectivity index (χ2v) is 9.13. The molecular formula is C12H17Cl2NO3S. The van der Waals surface area contributed by atoms with Crippen molar-refractivity contribution in [3.63, 3.8) is 0 Å². The zero-order chi connectivity index (χ0) is 14.4. The van der Waals surface area contributed by atoms with Crippen LogP contribution in [0.1, 0.15) is 20.3 Å². The molecule has 108 valence electrons. The van der Waals surface area contributed by atoms with Crippen LogP contribution in [0.3, 0.4) is 0 Å². The summed E-state index contributed by atoms with van der Waals surface area (Å²) >= 11 is 11.3. The van der Waals surface area contributed by atoms with Gasteiger partial charge in [0, 0.05) is 6.04 Å². The van der Waals surface area contributed by atoms with Gasteiger partial charge in [0.2, 0.25) is 5.91 Å². The van der Waals surface area contributed by atoms with Crippen molar-refractivity contribution in [2.75, 3.05) is 11.5 Å². The number of hydrogen-bond donors (Lipinski definition) is 1. The number of halogens is 2. The Morgan fingerprint density at radius 2 is 2.00 bits per heavy atom. The maximum absolute atomic E-state index is 12.2. The van der Waals surface area contributed by atoms with E-state index in [1.54, 1.807) is 6.08 Å². The summed E-state index contributed by atoms with van der Waals surface area (Å²) in [5.41, 5.74) is -0.184. The fourth-order valence-corrected chi connectivity index (χ4v) is 4.77. The number of carbonyl (C=O) groups excluding carboxylic acids is 1. The van der Waals surface area contributed by atoms with Gasteiger partial charge in [-0.3, -0.25) is 4.79 Å². The standard InChI is InChI=1S/C12H17Cl2NO3S/c1-12(2)8(5-9(13)14)10(12)11(16)15-7-3-4-19(17,18)6-7/h5,7-8,10H,3-4,6H2,1-2H3,(H,15,16)/t7-,8+,10-/m1/s1. The zero-order valence-corrected chi connectivity index (χ0v) is 13.1. The van der Waals surface area contributed by atoms with Crippen LogP contribution >= 0.6 is 23.2 Å². The van der Waals surface area contributed by atoms with Gasteiger partial charge < -0.3 is 5.32 Å². The molecule has 3 atom stereocenters. The highest BCUT2D eigenvalue weighted by atomic mass is 35.5. The molecule has 4 nitrogen and oxygen atoms in total. The van der Waals surface area contributed by atoms with Crippen molar-refractivity contribution in [1.29, 1.82) is 0 Å². The van der Waals surface area contributed by atoms with E-state index in [1.807, 2.05) is 13.8 Å². The summed E-state index contributed by atoms with van der Waals surface area (Å²) in [6, 6.07) is -0.259. The van der Waals surface area contributed by atoms with Crippen LogP contribution in [0.4, 0.5) is 0 Å². The first kappa shape index (κ1) is 15.1. The van der Waals surface area contributed by atoms with Gasteiger partial charge in [-0.15, -0.1) is 0 Å². The summed E-state index contributed by atoms with van der Waals surface area (Å²) in [4.78, 5) is 12.2. The number of allylic oxidation sites excluding steroid dienone is 1. The van der Waals surface area contributed by atoms with Crippen LogP contribution in [-0.2, 0) is 14.6 Å². The Kier molecular flexibility index (Phi) is 3.93. The van der Waals surface area contributed by atoms with Crippen LogP contribution in [0.5, 0.6) is 0 Å². The lowest BCUT2D eigenvalue weighted by molar-refractivity contribution is -0.123. The Morgan fingerprint density at radius 1 is 1.37 bits per heavy atom. The van der Waals surface area contributed by atoms with Crippen LogP contribution in [0.15, 0.2) is 10.6 Å². The fourth-order valence-electron chi connectivity index (χ4n) is 2.83. The Bertz CT molecular complexity index is 523. The van der Waals surface area contributed by atoms with E-state index in [2.05, 4.69) is 5.32 Å². The highest BCUT2D eigenvalue weighted by molar-refractivity contribution is 7.91. The Labute approximate surface area is 123 Å². The molecule has 1 N–H and O–H groups in total. The van der Waals surface area contributed by atoms with E-state index in [4.69, 9.17) is 23.2 Å². The van der Waals surface area contributed by atoms with Gasteiger partial charge in [-0.2, -0.15) is 0 Å². The van der Waals surface area contributed by atoms with Crippen molar-refractivity contribution in [2.24, 2.45) is 17.3 Å². The molecule has 1 saturated heterocycles. The van der Waals surface area contributed by atoms with E-state index >= 15 is 0 Å². The molecule has 1 amide bonds. The molecule has 19 heavy (non-hydrogen) atoms. The van der Waals surface area contributed by atoms with E-state index in [1.165, 1.54) is 0 Å². The van der Waals surface area contributed by atoms with E-state index < -0.39 is 9.84 Å². The van der Waals surface area contributed by atoms with Crippen LogP contribution in [0, 0.1) is 17.3 Å². The predicted octanol–water partition coefficient (Wildman–Crippen LogP) is 1.88. The number of sulfone groups is 1. The molecule has 1 aliphatic heterocycles. The molecule has 0 aromatic heterocycles. The minimum absolute atomic E-state index is 0.00973. The number of rotatable bonds is 3. The monoisotopic (exact) mass is 325 g/mol. The van der Waals surface area contributed by atoms with Gasteiger partial charge in [0.15, 0.2) is 9.84 Å². The van der Waals surface area contributed by atoms with Crippen molar-refractivity contribution < 1.29 is 13.2 Å². The van der Waals surface area contributed by atoms with E-state index in [0.717, 1.165) is 0 Å². The lowest BCUT2D eigenvalue weighted by atomic mass is 10.1. The molecule has 0 unspecified atom stereocenters. The van der Waals surface area contributed by atoms with Crippen LogP contribution in [0.2, 0.25) is 0 Å². The van der Waals surface area contributed by atoms with Gasteiger partial charge in [0.05, 0.1) is 17.4 Å². The fraction of sp³-hybridized carbons (Fsp3) is 0.750. The van der Waals surface area contributed by atoms with E-state index in [0.29, 0.717) is 6.42 Å². The maximum Gasteiger partial charge on any atom is 0.224 e. The highest BCUT2D eigenvalue weighted by Gasteiger charge is 2.60. The topological polar surface area (TPSA) is 63.2 Å². The molecule has 0 aromatic rings. The normalized spacial score (nSPS) is 34.6. The molecule has 0 radical (unpaired) electrons. The predicted molar refractivity (Wildman–Crippen MR) is 75.8 cm³/mol. The highest BCUT2D eigenvalue weighted by Crippen LogP contribution is 2.59. The van der Waals surface area contributed by atoms with Crippen LogP contribution < -0.4 is 5.32 Å². The average molecular weight is 326 g/mol.